The monoisotopic (exact) mass is 684 g/mol. The van der Waals surface area contributed by atoms with Crippen LogP contribution in [0.1, 0.15) is 219 Å². The molecular weight excluding hydrogens is 608 g/mol. The molecule has 0 aliphatic rings. The van der Waals surface area contributed by atoms with Gasteiger partial charge in [0.15, 0.2) is 0 Å². The van der Waals surface area contributed by atoms with Crippen molar-refractivity contribution < 1.29 is 36.9 Å². The predicted octanol–water partition coefficient (Wildman–Crippen LogP) is 13.8. The van der Waals surface area contributed by atoms with Crippen molar-refractivity contribution in [3.8, 4) is 0 Å². The second-order valence-electron chi connectivity index (χ2n) is 12.9. The van der Waals surface area contributed by atoms with Gasteiger partial charge in [0.25, 0.3) is 0 Å². The quantitative estimate of drug-likeness (QED) is 0.0402. The summed E-state index contributed by atoms with van der Waals surface area (Å²) in [6.45, 7) is 4.54. The summed E-state index contributed by atoms with van der Waals surface area (Å²) in [5.74, 6) is -1.33. The summed E-state index contributed by atoms with van der Waals surface area (Å²) in [6, 6.07) is 0. The number of allylic oxidation sites excluding steroid dienone is 4. The Bertz CT molecular complexity index is 578. The number of carboxylic acid groups (broad SMARTS) is 2. The van der Waals surface area contributed by atoms with Gasteiger partial charge in [-0.05, 0) is 64.2 Å². The molecule has 0 spiro atoms. The number of hydrogen-bond donors (Lipinski definition) is 2. The molecule has 0 rings (SSSR count). The first-order valence-corrected chi connectivity index (χ1v) is 19.3. The first kappa shape index (κ1) is 48.3. The van der Waals surface area contributed by atoms with Crippen LogP contribution in [0.25, 0.3) is 0 Å². The molecule has 0 aliphatic heterocycles. The molecule has 0 heterocycles. The van der Waals surface area contributed by atoms with Crippen LogP contribution in [0.4, 0.5) is 0 Å². The zero-order valence-electron chi connectivity index (χ0n) is 29.9. The average molecular weight is 685 g/mol. The van der Waals surface area contributed by atoms with Gasteiger partial charge < -0.3 is 10.2 Å². The maximum atomic E-state index is 10.4. The topological polar surface area (TPSA) is 74.6 Å². The molecule has 0 aromatic carbocycles. The molecular formula is C40H76CuO4. The third-order valence-electron chi connectivity index (χ3n) is 8.30. The van der Waals surface area contributed by atoms with E-state index < -0.39 is 11.9 Å². The van der Waals surface area contributed by atoms with Crippen LogP contribution in [0.5, 0.6) is 0 Å². The van der Waals surface area contributed by atoms with Gasteiger partial charge in [0.2, 0.25) is 0 Å². The van der Waals surface area contributed by atoms with E-state index >= 15 is 0 Å². The summed E-state index contributed by atoms with van der Waals surface area (Å²) in [5.41, 5.74) is 0. The molecule has 0 saturated carbocycles. The second kappa shape index (κ2) is 45.1. The van der Waals surface area contributed by atoms with Crippen molar-refractivity contribution in [2.24, 2.45) is 0 Å². The van der Waals surface area contributed by atoms with Gasteiger partial charge in [-0.3, -0.25) is 9.59 Å². The number of carbonyl (C=O) groups is 2. The third-order valence-corrected chi connectivity index (χ3v) is 8.30. The fourth-order valence-corrected chi connectivity index (χ4v) is 5.40. The maximum absolute atomic E-state index is 10.4. The van der Waals surface area contributed by atoms with E-state index in [1.54, 1.807) is 0 Å². The molecule has 0 unspecified atom stereocenters. The molecule has 0 aliphatic carbocycles. The summed E-state index contributed by atoms with van der Waals surface area (Å²) in [6.07, 6.45) is 48.4. The van der Waals surface area contributed by atoms with Crippen LogP contribution in [-0.2, 0) is 26.7 Å². The van der Waals surface area contributed by atoms with Crippen LogP contribution in [0.15, 0.2) is 24.3 Å². The minimum atomic E-state index is -0.663. The van der Waals surface area contributed by atoms with Crippen molar-refractivity contribution in [3.63, 3.8) is 0 Å². The molecule has 5 heteroatoms. The largest absolute Gasteiger partial charge is 0.481 e. The zero-order chi connectivity index (χ0) is 32.6. The Balaban J connectivity index is -0.000000767. The van der Waals surface area contributed by atoms with Crippen molar-refractivity contribution >= 4 is 11.9 Å². The average Bonchev–Trinajstić information content (AvgIpc) is 3.00. The summed E-state index contributed by atoms with van der Waals surface area (Å²) in [4.78, 5) is 20.7. The van der Waals surface area contributed by atoms with Crippen LogP contribution in [0.3, 0.4) is 0 Å². The van der Waals surface area contributed by atoms with Crippen molar-refractivity contribution in [1.29, 1.82) is 0 Å². The Morgan fingerprint density at radius 1 is 0.356 bits per heavy atom. The van der Waals surface area contributed by atoms with Gasteiger partial charge in [0.05, 0.1) is 0 Å². The van der Waals surface area contributed by atoms with Gasteiger partial charge >= 0.3 is 11.9 Å². The van der Waals surface area contributed by atoms with E-state index in [1.807, 2.05) is 0 Å². The standard InChI is InChI=1S/2C20H38O2.Cu/c2*1-2-3-4-5-6-7-8-9-10-11-12-13-14-15-16-17-18-19-20(21)22;/h2*11-12H,2-10,13-19H2,1H3,(H,21,22);/b2*12-11-;. The Morgan fingerprint density at radius 2 is 0.556 bits per heavy atom. The predicted molar refractivity (Wildman–Crippen MR) is 193 cm³/mol. The normalized spacial score (nSPS) is 11.1. The van der Waals surface area contributed by atoms with Crippen molar-refractivity contribution in [2.75, 3.05) is 0 Å². The molecule has 45 heavy (non-hydrogen) atoms. The minimum absolute atomic E-state index is 0. The van der Waals surface area contributed by atoms with Gasteiger partial charge in [-0.25, -0.2) is 0 Å². The third kappa shape index (κ3) is 52.7. The van der Waals surface area contributed by atoms with E-state index in [-0.39, 0.29) is 17.1 Å². The molecule has 271 valence electrons. The summed E-state index contributed by atoms with van der Waals surface area (Å²) in [5, 5.41) is 17.1. The summed E-state index contributed by atoms with van der Waals surface area (Å²) >= 11 is 0. The Kier molecular flexibility index (Phi) is 48.4. The molecule has 0 saturated heterocycles. The number of rotatable bonds is 34. The van der Waals surface area contributed by atoms with Crippen LogP contribution in [0, 0.1) is 0 Å². The van der Waals surface area contributed by atoms with Crippen LogP contribution in [-0.4, -0.2) is 22.2 Å². The Labute approximate surface area is 291 Å². The molecule has 2 N–H and O–H groups in total. The van der Waals surface area contributed by atoms with E-state index in [0.29, 0.717) is 12.8 Å². The fraction of sp³-hybridized carbons (Fsp3) is 0.850. The summed E-state index contributed by atoms with van der Waals surface area (Å²) in [7, 11) is 0. The maximum Gasteiger partial charge on any atom is 0.303 e. The van der Waals surface area contributed by atoms with E-state index in [4.69, 9.17) is 10.2 Å². The van der Waals surface area contributed by atoms with Crippen LogP contribution in [0.2, 0.25) is 0 Å². The van der Waals surface area contributed by atoms with Crippen molar-refractivity contribution in [1.82, 2.24) is 0 Å². The number of unbranched alkanes of at least 4 members (excludes halogenated alkanes) is 26. The Hall–Kier alpha value is -1.06. The fourth-order valence-electron chi connectivity index (χ4n) is 5.40. The molecule has 0 fully saturated rings. The SMILES string of the molecule is CCCCCCCCCC/C=C\CCCCCCCC(=O)O.CCCCCCCCCC/C=C\CCCCCCCC(=O)O.[Cu]. The van der Waals surface area contributed by atoms with Gasteiger partial charge in [-0.15, -0.1) is 0 Å². The second-order valence-corrected chi connectivity index (χ2v) is 12.9. The van der Waals surface area contributed by atoms with Gasteiger partial charge in [0, 0.05) is 29.9 Å². The molecule has 0 atom stereocenters. The molecule has 0 bridgehead atoms. The van der Waals surface area contributed by atoms with Crippen LogP contribution >= 0.6 is 0 Å². The Morgan fingerprint density at radius 3 is 0.778 bits per heavy atom. The molecule has 0 aromatic heterocycles. The first-order chi connectivity index (χ1) is 21.5. The smallest absolute Gasteiger partial charge is 0.303 e. The molecule has 4 nitrogen and oxygen atoms in total. The van der Waals surface area contributed by atoms with E-state index in [0.717, 1.165) is 25.7 Å². The molecule has 1 radical (unpaired) electrons. The number of hydrogen-bond acceptors (Lipinski definition) is 2. The summed E-state index contributed by atoms with van der Waals surface area (Å²) < 4.78 is 0. The van der Waals surface area contributed by atoms with Gasteiger partial charge in [-0.2, -0.15) is 0 Å². The minimum Gasteiger partial charge on any atom is -0.481 e. The van der Waals surface area contributed by atoms with Crippen LogP contribution < -0.4 is 0 Å². The molecule has 0 aromatic rings. The molecule has 0 amide bonds. The van der Waals surface area contributed by atoms with Crippen molar-refractivity contribution in [3.05, 3.63) is 24.3 Å². The van der Waals surface area contributed by atoms with E-state index in [9.17, 15) is 9.59 Å². The van der Waals surface area contributed by atoms with Crippen molar-refractivity contribution in [2.45, 2.75) is 219 Å². The number of carboxylic acids is 2. The van der Waals surface area contributed by atoms with Gasteiger partial charge in [0.1, 0.15) is 0 Å². The first-order valence-electron chi connectivity index (χ1n) is 19.3. The van der Waals surface area contributed by atoms with Gasteiger partial charge in [-0.1, -0.05) is 167 Å². The van der Waals surface area contributed by atoms with E-state index in [2.05, 4.69) is 38.2 Å². The number of aliphatic carboxylic acids is 2. The zero-order valence-corrected chi connectivity index (χ0v) is 30.9. The van der Waals surface area contributed by atoms with E-state index in [1.165, 1.54) is 167 Å².